The second kappa shape index (κ2) is 6.95. The van der Waals surface area contributed by atoms with Crippen LogP contribution in [0.5, 0.6) is 0 Å². The minimum Gasteiger partial charge on any atom is -0.399 e. The fraction of sp³-hybridized carbons (Fsp3) is 0. The third kappa shape index (κ3) is 3.58. The first-order valence-corrected chi connectivity index (χ1v) is 9.87. The van der Waals surface area contributed by atoms with Crippen molar-refractivity contribution in [3.63, 3.8) is 0 Å². The molecule has 0 atom stereocenters. The van der Waals surface area contributed by atoms with Gasteiger partial charge in [-0.05, 0) is 60.7 Å². The molecule has 3 aromatic carbocycles. The van der Waals surface area contributed by atoms with Crippen LogP contribution in [-0.4, -0.2) is 8.75 Å². The highest BCUT2D eigenvalue weighted by Crippen LogP contribution is 2.39. The highest BCUT2D eigenvalue weighted by Gasteiger charge is 2.12. The molecule has 0 spiro atoms. The van der Waals surface area contributed by atoms with Gasteiger partial charge in [0, 0.05) is 31.0 Å². The Morgan fingerprint density at radius 2 is 1.00 bits per heavy atom. The van der Waals surface area contributed by atoms with E-state index >= 15 is 0 Å². The van der Waals surface area contributed by atoms with Gasteiger partial charge >= 0.3 is 0 Å². The summed E-state index contributed by atoms with van der Waals surface area (Å²) in [5.74, 6) is 0. The van der Waals surface area contributed by atoms with E-state index < -0.39 is 0 Å². The van der Waals surface area contributed by atoms with Gasteiger partial charge in [0.1, 0.15) is 11.0 Å². The third-order valence-electron chi connectivity index (χ3n) is 3.56. The molecule has 4 nitrogen and oxygen atoms in total. The van der Waals surface area contributed by atoms with E-state index in [0.29, 0.717) is 0 Å². The van der Waals surface area contributed by atoms with Gasteiger partial charge in [0.25, 0.3) is 0 Å². The Kier molecular flexibility index (Phi) is 4.52. The average Bonchev–Trinajstić information content (AvgIpc) is 3.11. The summed E-state index contributed by atoms with van der Waals surface area (Å²) >= 11 is 4.58. The summed E-state index contributed by atoms with van der Waals surface area (Å²) in [7, 11) is 0. The lowest BCUT2D eigenvalue weighted by atomic mass is 10.3. The molecule has 4 rings (SSSR count). The lowest BCUT2D eigenvalue weighted by Gasteiger charge is -2.07. The molecule has 0 unspecified atom stereocenters. The number of anilines is 2. The van der Waals surface area contributed by atoms with Gasteiger partial charge in [-0.25, -0.2) is 0 Å². The van der Waals surface area contributed by atoms with Crippen LogP contribution < -0.4 is 11.5 Å². The van der Waals surface area contributed by atoms with Crippen LogP contribution in [0.2, 0.25) is 0 Å². The smallest absolute Gasteiger partial charge is 0.119 e. The summed E-state index contributed by atoms with van der Waals surface area (Å²) in [5, 5.41) is 0. The summed E-state index contributed by atoms with van der Waals surface area (Å²) < 4.78 is 9.00. The number of hydrogen-bond acceptors (Lipinski definition) is 7. The Morgan fingerprint density at radius 1 is 0.600 bits per heavy atom. The van der Waals surface area contributed by atoms with Crippen LogP contribution in [0.3, 0.4) is 0 Å². The zero-order chi connectivity index (χ0) is 17.2. The van der Waals surface area contributed by atoms with Gasteiger partial charge < -0.3 is 11.5 Å². The van der Waals surface area contributed by atoms with Gasteiger partial charge in [0.15, 0.2) is 0 Å². The summed E-state index contributed by atoms with van der Waals surface area (Å²) in [6.45, 7) is 0. The molecular formula is C18H14N4S3. The number of fused-ring (bicyclic) bond motifs is 1. The van der Waals surface area contributed by atoms with E-state index in [9.17, 15) is 0 Å². The van der Waals surface area contributed by atoms with Crippen LogP contribution in [0, 0.1) is 0 Å². The number of aromatic nitrogens is 2. The van der Waals surface area contributed by atoms with Gasteiger partial charge in [-0.1, -0.05) is 23.5 Å². The quantitative estimate of drug-likeness (QED) is 0.475. The van der Waals surface area contributed by atoms with Gasteiger partial charge in [0.05, 0.1) is 11.7 Å². The van der Waals surface area contributed by atoms with Crippen molar-refractivity contribution in [1.82, 2.24) is 8.75 Å². The van der Waals surface area contributed by atoms with E-state index in [1.165, 1.54) is 11.7 Å². The first kappa shape index (κ1) is 16.3. The number of nitrogens with two attached hydrogens (primary N) is 2. The number of rotatable bonds is 4. The maximum absolute atomic E-state index is 5.76. The van der Waals surface area contributed by atoms with Crippen molar-refractivity contribution in [3.05, 3.63) is 60.7 Å². The predicted molar refractivity (Wildman–Crippen MR) is 107 cm³/mol. The lowest BCUT2D eigenvalue weighted by Crippen LogP contribution is -1.85. The monoisotopic (exact) mass is 382 g/mol. The number of nitrogens with zero attached hydrogens (tertiary/aromatic N) is 2. The molecule has 0 radical (unpaired) electrons. The lowest BCUT2D eigenvalue weighted by molar-refractivity contribution is 1.36. The Labute approximate surface area is 158 Å². The van der Waals surface area contributed by atoms with E-state index in [1.54, 1.807) is 23.5 Å². The normalized spacial score (nSPS) is 11.0. The summed E-state index contributed by atoms with van der Waals surface area (Å²) in [6, 6.07) is 19.9. The number of benzene rings is 3. The molecule has 0 aliphatic carbocycles. The zero-order valence-corrected chi connectivity index (χ0v) is 15.5. The van der Waals surface area contributed by atoms with Gasteiger partial charge in [0.2, 0.25) is 0 Å². The van der Waals surface area contributed by atoms with Gasteiger partial charge in [-0.2, -0.15) is 8.75 Å². The van der Waals surface area contributed by atoms with E-state index in [4.69, 9.17) is 11.5 Å². The summed E-state index contributed by atoms with van der Waals surface area (Å²) in [6.07, 6.45) is 0. The molecular weight excluding hydrogens is 368 g/mol. The van der Waals surface area contributed by atoms with Crippen LogP contribution >= 0.6 is 35.3 Å². The highest BCUT2D eigenvalue weighted by molar-refractivity contribution is 8.00. The van der Waals surface area contributed by atoms with Crippen molar-refractivity contribution >= 4 is 57.7 Å². The van der Waals surface area contributed by atoms with E-state index in [-0.39, 0.29) is 0 Å². The molecule has 7 heteroatoms. The van der Waals surface area contributed by atoms with Crippen molar-refractivity contribution in [2.24, 2.45) is 0 Å². The minimum atomic E-state index is 0.764. The SMILES string of the molecule is Nc1ccc(Sc2ccc(Sc3ccc(N)cc3)c3nsnc23)cc1. The molecule has 0 saturated heterocycles. The first-order valence-electron chi connectivity index (χ1n) is 7.51. The predicted octanol–water partition coefficient (Wildman–Crippen LogP) is 5.16. The van der Waals surface area contributed by atoms with Gasteiger partial charge in [-0.15, -0.1) is 0 Å². The highest BCUT2D eigenvalue weighted by atomic mass is 32.2. The average molecular weight is 383 g/mol. The second-order valence-corrected chi connectivity index (χ2v) is 8.12. The summed E-state index contributed by atoms with van der Waals surface area (Å²) in [4.78, 5) is 4.44. The molecule has 4 aromatic rings. The molecule has 0 saturated carbocycles. The number of hydrogen-bond donors (Lipinski definition) is 2. The van der Waals surface area contributed by atoms with Crippen LogP contribution in [0.15, 0.2) is 80.2 Å². The number of nitrogen functional groups attached to an aromatic ring is 2. The maximum atomic E-state index is 5.76. The Morgan fingerprint density at radius 3 is 1.40 bits per heavy atom. The van der Waals surface area contributed by atoms with Crippen LogP contribution in [0.25, 0.3) is 11.0 Å². The van der Waals surface area contributed by atoms with Crippen molar-refractivity contribution in [3.8, 4) is 0 Å². The molecule has 1 aromatic heterocycles. The summed E-state index contributed by atoms with van der Waals surface area (Å²) in [5.41, 5.74) is 14.9. The Bertz CT molecular complexity index is 929. The fourth-order valence-corrected chi connectivity index (χ4v) is 4.80. The molecule has 4 N–H and O–H groups in total. The van der Waals surface area contributed by atoms with E-state index in [1.807, 2.05) is 48.5 Å². The molecule has 0 aliphatic rings. The first-order chi connectivity index (χ1) is 12.2. The molecule has 1 heterocycles. The van der Waals surface area contributed by atoms with Crippen molar-refractivity contribution in [1.29, 1.82) is 0 Å². The van der Waals surface area contributed by atoms with Crippen LogP contribution in [-0.2, 0) is 0 Å². The van der Waals surface area contributed by atoms with Crippen molar-refractivity contribution in [2.45, 2.75) is 19.6 Å². The van der Waals surface area contributed by atoms with Crippen LogP contribution in [0.1, 0.15) is 0 Å². The van der Waals surface area contributed by atoms with Crippen LogP contribution in [0.4, 0.5) is 11.4 Å². The molecule has 0 aliphatic heterocycles. The fourth-order valence-electron chi connectivity index (χ4n) is 2.31. The topological polar surface area (TPSA) is 77.8 Å². The van der Waals surface area contributed by atoms with Crippen molar-refractivity contribution in [2.75, 3.05) is 11.5 Å². The van der Waals surface area contributed by atoms with E-state index in [0.717, 1.165) is 42.0 Å². The second-order valence-electron chi connectivity index (χ2n) is 5.37. The molecule has 25 heavy (non-hydrogen) atoms. The molecule has 124 valence electrons. The maximum Gasteiger partial charge on any atom is 0.119 e. The molecule has 0 fully saturated rings. The largest absolute Gasteiger partial charge is 0.399 e. The Hall–Kier alpha value is -2.22. The molecule has 0 amide bonds. The zero-order valence-electron chi connectivity index (χ0n) is 13.0. The van der Waals surface area contributed by atoms with Crippen molar-refractivity contribution < 1.29 is 0 Å². The van der Waals surface area contributed by atoms with Gasteiger partial charge in [-0.3, -0.25) is 0 Å². The minimum absolute atomic E-state index is 0.764. The van der Waals surface area contributed by atoms with E-state index in [2.05, 4.69) is 20.9 Å². The Balaban J connectivity index is 1.66. The third-order valence-corrected chi connectivity index (χ3v) is 6.20. The standard InChI is InChI=1S/C18H14N4S3/c19-11-1-5-13(6-2-11)23-15-9-10-16(18-17(15)21-25-22-18)24-14-7-3-12(20)4-8-14/h1-10H,19-20H2. The molecule has 0 bridgehead atoms.